The molecular formula is C15H12N2O2S. The van der Waals surface area contributed by atoms with E-state index in [1.807, 2.05) is 24.3 Å². The van der Waals surface area contributed by atoms with Crippen molar-refractivity contribution >= 4 is 33.8 Å². The van der Waals surface area contributed by atoms with Crippen molar-refractivity contribution in [2.24, 2.45) is 0 Å². The quantitative estimate of drug-likeness (QED) is 0.750. The molecule has 0 unspecified atom stereocenters. The van der Waals surface area contributed by atoms with Crippen LogP contribution in [0.2, 0.25) is 0 Å². The van der Waals surface area contributed by atoms with E-state index in [4.69, 9.17) is 0 Å². The molecule has 2 heterocycles. The highest BCUT2D eigenvalue weighted by Gasteiger charge is 2.20. The minimum absolute atomic E-state index is 0.114. The van der Waals surface area contributed by atoms with Gasteiger partial charge in [0, 0.05) is 28.9 Å². The molecule has 2 aromatic heterocycles. The lowest BCUT2D eigenvalue weighted by Crippen LogP contribution is -2.01. The molecule has 0 aliphatic carbocycles. The second kappa shape index (κ2) is 4.68. The number of Topliss-reactive ketones (excluding diaryl/α,β-unsaturated/α-hetero) is 1. The molecule has 20 heavy (non-hydrogen) atoms. The van der Waals surface area contributed by atoms with Gasteiger partial charge in [-0.3, -0.25) is 9.59 Å². The maximum atomic E-state index is 12.5. The summed E-state index contributed by atoms with van der Waals surface area (Å²) in [5.41, 5.74) is 1.89. The van der Waals surface area contributed by atoms with E-state index in [0.717, 1.165) is 15.8 Å². The summed E-state index contributed by atoms with van der Waals surface area (Å²) in [6, 6.07) is 7.61. The Hall–Kier alpha value is -2.27. The Kier molecular flexibility index (Phi) is 2.99. The van der Waals surface area contributed by atoms with Crippen LogP contribution in [0.3, 0.4) is 0 Å². The van der Waals surface area contributed by atoms with E-state index in [-0.39, 0.29) is 11.6 Å². The highest BCUT2D eigenvalue weighted by molar-refractivity contribution is 7.14. The molecule has 0 fully saturated rings. The van der Waals surface area contributed by atoms with Crippen molar-refractivity contribution in [3.63, 3.8) is 0 Å². The number of hydrogen-bond acceptors (Lipinski definition) is 4. The number of ketones is 2. The number of carbonyl (C=O) groups excluding carboxylic acids is 2. The minimum Gasteiger partial charge on any atom is -0.360 e. The summed E-state index contributed by atoms with van der Waals surface area (Å²) in [6.45, 7) is 3.27. The molecule has 0 bridgehead atoms. The Labute approximate surface area is 119 Å². The molecule has 0 saturated heterocycles. The number of hydrogen-bond donors (Lipinski definition) is 1. The van der Waals surface area contributed by atoms with Crippen molar-refractivity contribution < 1.29 is 9.59 Å². The topological polar surface area (TPSA) is 62.8 Å². The maximum absolute atomic E-state index is 12.5. The molecule has 5 heteroatoms. The Balaban J connectivity index is 2.09. The van der Waals surface area contributed by atoms with E-state index in [9.17, 15) is 9.59 Å². The average molecular weight is 284 g/mol. The molecule has 100 valence electrons. The van der Waals surface area contributed by atoms with Crippen LogP contribution in [-0.2, 0) is 0 Å². The van der Waals surface area contributed by atoms with Crippen LogP contribution in [0.4, 0.5) is 0 Å². The van der Waals surface area contributed by atoms with Gasteiger partial charge in [0.2, 0.25) is 5.78 Å². The third kappa shape index (κ3) is 1.96. The summed E-state index contributed by atoms with van der Waals surface area (Å²) >= 11 is 1.26. The number of aromatic nitrogens is 2. The molecule has 0 spiro atoms. The molecule has 1 N–H and O–H groups in total. The van der Waals surface area contributed by atoms with E-state index in [1.165, 1.54) is 18.3 Å². The Bertz CT molecular complexity index is 829. The number of nitrogens with zero attached hydrogens (tertiary/aromatic N) is 1. The number of para-hydroxylation sites is 1. The van der Waals surface area contributed by atoms with Crippen LogP contribution in [0.1, 0.15) is 37.7 Å². The predicted octanol–water partition coefficient (Wildman–Crippen LogP) is 3.37. The van der Waals surface area contributed by atoms with Gasteiger partial charge in [-0.1, -0.05) is 18.2 Å². The van der Waals surface area contributed by atoms with Gasteiger partial charge in [0.25, 0.3) is 0 Å². The molecule has 0 saturated carbocycles. The monoisotopic (exact) mass is 284 g/mol. The van der Waals surface area contributed by atoms with Crippen LogP contribution in [0.25, 0.3) is 10.9 Å². The van der Waals surface area contributed by atoms with Crippen LogP contribution < -0.4 is 0 Å². The number of rotatable bonds is 3. The smallest absolute Gasteiger partial charge is 0.223 e. The number of aryl methyl sites for hydroxylation is 1. The zero-order valence-corrected chi connectivity index (χ0v) is 11.9. The number of nitrogens with one attached hydrogen (secondary N) is 1. The van der Waals surface area contributed by atoms with Gasteiger partial charge in [-0.25, -0.2) is 4.98 Å². The van der Waals surface area contributed by atoms with Gasteiger partial charge in [-0.2, -0.15) is 0 Å². The third-order valence-electron chi connectivity index (χ3n) is 3.16. The lowest BCUT2D eigenvalue weighted by molar-refractivity contribution is 0.101. The Morgan fingerprint density at radius 2 is 2.00 bits per heavy atom. The fraction of sp³-hybridized carbons (Fsp3) is 0.133. The number of benzene rings is 1. The molecule has 0 amide bonds. The van der Waals surface area contributed by atoms with Gasteiger partial charge in [0.15, 0.2) is 10.8 Å². The van der Waals surface area contributed by atoms with E-state index in [2.05, 4.69) is 9.97 Å². The van der Waals surface area contributed by atoms with E-state index in [1.54, 1.807) is 13.1 Å². The molecule has 1 aromatic carbocycles. The molecule has 3 aromatic rings. The zero-order chi connectivity index (χ0) is 14.3. The summed E-state index contributed by atoms with van der Waals surface area (Å²) in [7, 11) is 0. The van der Waals surface area contributed by atoms with E-state index < -0.39 is 0 Å². The number of fused-ring (bicyclic) bond motifs is 1. The van der Waals surface area contributed by atoms with Crippen molar-refractivity contribution in [2.75, 3.05) is 0 Å². The maximum Gasteiger partial charge on any atom is 0.223 e. The average Bonchev–Trinajstić information content (AvgIpc) is 3.01. The van der Waals surface area contributed by atoms with Crippen molar-refractivity contribution in [3.8, 4) is 0 Å². The summed E-state index contributed by atoms with van der Waals surface area (Å²) in [4.78, 5) is 32.0. The fourth-order valence-electron chi connectivity index (χ4n) is 2.19. The predicted molar refractivity (Wildman–Crippen MR) is 78.6 cm³/mol. The number of carbonyl (C=O) groups is 2. The van der Waals surface area contributed by atoms with Crippen LogP contribution in [0.5, 0.6) is 0 Å². The first-order valence-corrected chi connectivity index (χ1v) is 6.98. The van der Waals surface area contributed by atoms with E-state index >= 15 is 0 Å². The summed E-state index contributed by atoms with van der Waals surface area (Å²) in [6.07, 6.45) is 1.69. The van der Waals surface area contributed by atoms with Crippen molar-refractivity contribution in [1.82, 2.24) is 9.97 Å². The van der Waals surface area contributed by atoms with Crippen LogP contribution in [-0.4, -0.2) is 21.5 Å². The number of aromatic amines is 1. The molecule has 0 aliphatic heterocycles. The highest BCUT2D eigenvalue weighted by Crippen LogP contribution is 2.25. The lowest BCUT2D eigenvalue weighted by Gasteiger charge is -1.94. The Morgan fingerprint density at radius 3 is 2.70 bits per heavy atom. The zero-order valence-electron chi connectivity index (χ0n) is 11.1. The van der Waals surface area contributed by atoms with Crippen molar-refractivity contribution in [3.05, 3.63) is 51.6 Å². The van der Waals surface area contributed by atoms with Gasteiger partial charge in [-0.15, -0.1) is 11.3 Å². The van der Waals surface area contributed by atoms with Gasteiger partial charge >= 0.3 is 0 Å². The van der Waals surface area contributed by atoms with Gasteiger partial charge in [0.1, 0.15) is 5.69 Å². The SMILES string of the molecule is CC(=O)c1nc(C(=O)c2c[nH]c3ccccc23)sc1C. The third-order valence-corrected chi connectivity index (χ3v) is 4.13. The molecule has 3 rings (SSSR count). The summed E-state index contributed by atoms with van der Waals surface area (Å²) < 4.78 is 0. The normalized spacial score (nSPS) is 10.9. The van der Waals surface area contributed by atoms with Crippen LogP contribution in [0.15, 0.2) is 30.5 Å². The van der Waals surface area contributed by atoms with Crippen molar-refractivity contribution in [2.45, 2.75) is 13.8 Å². The Morgan fingerprint density at radius 1 is 1.25 bits per heavy atom. The molecule has 0 atom stereocenters. The second-order valence-electron chi connectivity index (χ2n) is 4.56. The lowest BCUT2D eigenvalue weighted by atomic mass is 10.1. The van der Waals surface area contributed by atoms with Gasteiger partial charge in [0.05, 0.1) is 5.56 Å². The first-order chi connectivity index (χ1) is 9.58. The molecule has 4 nitrogen and oxygen atoms in total. The molecule has 0 aliphatic rings. The number of thiazole rings is 1. The highest BCUT2D eigenvalue weighted by atomic mass is 32.1. The van der Waals surface area contributed by atoms with Gasteiger partial charge < -0.3 is 4.98 Å². The van der Waals surface area contributed by atoms with Crippen LogP contribution in [0, 0.1) is 6.92 Å². The van der Waals surface area contributed by atoms with Gasteiger partial charge in [-0.05, 0) is 13.0 Å². The molecule has 0 radical (unpaired) electrons. The fourth-order valence-corrected chi connectivity index (χ4v) is 3.11. The first-order valence-electron chi connectivity index (χ1n) is 6.17. The van der Waals surface area contributed by atoms with E-state index in [0.29, 0.717) is 16.3 Å². The summed E-state index contributed by atoms with van der Waals surface area (Å²) in [5.74, 6) is -0.264. The minimum atomic E-state index is -0.150. The molecular weight excluding hydrogens is 272 g/mol. The summed E-state index contributed by atoms with van der Waals surface area (Å²) in [5, 5.41) is 1.23. The van der Waals surface area contributed by atoms with Crippen molar-refractivity contribution in [1.29, 1.82) is 0 Å². The van der Waals surface area contributed by atoms with Crippen LogP contribution >= 0.6 is 11.3 Å². The number of H-pyrrole nitrogens is 1. The second-order valence-corrected chi connectivity index (χ2v) is 5.76. The largest absolute Gasteiger partial charge is 0.360 e. The standard InChI is InChI=1S/C15H12N2O2S/c1-8(18)13-9(2)20-15(17-13)14(19)11-7-16-12-6-4-3-5-10(11)12/h3-7,16H,1-2H3. The first kappa shape index (κ1) is 12.7.